The molecule has 1 fully saturated rings. The molecule has 0 saturated heterocycles. The second-order valence-corrected chi connectivity index (χ2v) is 7.13. The van der Waals surface area contributed by atoms with Crippen LogP contribution in [0.15, 0.2) is 24.3 Å². The van der Waals surface area contributed by atoms with Gasteiger partial charge in [-0.05, 0) is 49.3 Å². The number of ketones is 1. The van der Waals surface area contributed by atoms with Gasteiger partial charge < -0.3 is 15.3 Å². The summed E-state index contributed by atoms with van der Waals surface area (Å²) in [6.07, 6.45) is 3.13. The molecule has 26 heavy (non-hydrogen) atoms. The minimum atomic E-state index is -1.29. The van der Waals surface area contributed by atoms with Crippen LogP contribution in [-0.2, 0) is 14.4 Å². The van der Waals surface area contributed by atoms with E-state index < -0.39 is 24.3 Å². The van der Waals surface area contributed by atoms with E-state index in [1.807, 2.05) is 24.3 Å². The number of halogens is 1. The number of Topliss-reactive ketones (excluding diaryl/α,β-unsaturated/α-hetero) is 1. The molecule has 0 aliphatic heterocycles. The summed E-state index contributed by atoms with van der Waals surface area (Å²) in [4.78, 5) is 37.8. The Bertz CT molecular complexity index is 638. The average molecular weight is 381 g/mol. The van der Waals surface area contributed by atoms with Crippen molar-refractivity contribution in [2.75, 3.05) is 20.7 Å². The number of benzene rings is 1. The summed E-state index contributed by atoms with van der Waals surface area (Å²) in [7, 11) is 2.84. The van der Waals surface area contributed by atoms with Crippen molar-refractivity contribution in [3.8, 4) is 0 Å². The average Bonchev–Trinajstić information content (AvgIpc) is 2.67. The van der Waals surface area contributed by atoms with Crippen molar-refractivity contribution >= 4 is 29.2 Å². The predicted octanol–water partition coefficient (Wildman–Crippen LogP) is 1.75. The van der Waals surface area contributed by atoms with Gasteiger partial charge in [0.1, 0.15) is 6.61 Å². The van der Waals surface area contributed by atoms with Crippen LogP contribution in [0.4, 0.5) is 0 Å². The molecule has 0 aromatic heterocycles. The minimum Gasteiger partial charge on any atom is -0.388 e. The van der Waals surface area contributed by atoms with E-state index in [2.05, 4.69) is 5.32 Å². The van der Waals surface area contributed by atoms with Gasteiger partial charge in [0.15, 0.2) is 11.8 Å². The van der Waals surface area contributed by atoms with Gasteiger partial charge in [-0.1, -0.05) is 23.7 Å². The van der Waals surface area contributed by atoms with Gasteiger partial charge in [0.25, 0.3) is 0 Å². The first-order chi connectivity index (χ1) is 12.4. The lowest BCUT2D eigenvalue weighted by molar-refractivity contribution is -0.148. The number of carbonyl (C=O) groups excluding carboxylic acids is 3. The van der Waals surface area contributed by atoms with E-state index in [9.17, 15) is 14.4 Å². The summed E-state index contributed by atoms with van der Waals surface area (Å²) in [6, 6.07) is 6.49. The quantitative estimate of drug-likeness (QED) is 0.736. The van der Waals surface area contributed by atoms with Crippen LogP contribution in [0, 0.1) is 5.92 Å². The molecule has 1 unspecified atom stereocenters. The highest BCUT2D eigenvalue weighted by Crippen LogP contribution is 2.36. The molecule has 2 N–H and O–H groups in total. The summed E-state index contributed by atoms with van der Waals surface area (Å²) in [5.41, 5.74) is 1.22. The first kappa shape index (κ1) is 20.4. The zero-order valence-electron chi connectivity index (χ0n) is 15.1. The molecule has 1 aliphatic rings. The van der Waals surface area contributed by atoms with E-state index >= 15 is 0 Å². The van der Waals surface area contributed by atoms with E-state index in [1.54, 1.807) is 0 Å². The molecular formula is C19H25ClN2O4. The van der Waals surface area contributed by atoms with Gasteiger partial charge in [-0.2, -0.15) is 0 Å². The van der Waals surface area contributed by atoms with Crippen molar-refractivity contribution in [3.05, 3.63) is 34.9 Å². The Hall–Kier alpha value is -1.92. The van der Waals surface area contributed by atoms with Crippen molar-refractivity contribution in [1.29, 1.82) is 0 Å². The van der Waals surface area contributed by atoms with Crippen molar-refractivity contribution in [1.82, 2.24) is 10.2 Å². The Labute approximate surface area is 158 Å². The molecule has 1 aliphatic carbocycles. The Morgan fingerprint density at radius 1 is 1.19 bits per heavy atom. The fourth-order valence-corrected chi connectivity index (χ4v) is 3.71. The number of likely N-dealkylation sites (N-methyl/N-ethyl adjacent to an activating group) is 2. The molecular weight excluding hydrogens is 356 g/mol. The van der Waals surface area contributed by atoms with E-state index in [1.165, 1.54) is 24.6 Å². The van der Waals surface area contributed by atoms with Gasteiger partial charge >= 0.3 is 0 Å². The molecule has 0 heterocycles. The first-order valence-corrected chi connectivity index (χ1v) is 9.14. The van der Waals surface area contributed by atoms with Crippen molar-refractivity contribution in [2.24, 2.45) is 5.92 Å². The Morgan fingerprint density at radius 2 is 1.77 bits per heavy atom. The van der Waals surface area contributed by atoms with E-state index in [0.29, 0.717) is 23.8 Å². The summed E-state index contributed by atoms with van der Waals surface area (Å²) in [5.74, 6) is -1.34. The maximum atomic E-state index is 12.8. The second kappa shape index (κ2) is 9.14. The van der Waals surface area contributed by atoms with Crippen molar-refractivity contribution in [2.45, 2.75) is 37.6 Å². The normalized spacial score (nSPS) is 20.9. The van der Waals surface area contributed by atoms with Crippen LogP contribution in [0.25, 0.3) is 0 Å². The van der Waals surface area contributed by atoms with Gasteiger partial charge in [-0.25, -0.2) is 0 Å². The fourth-order valence-electron chi connectivity index (χ4n) is 3.59. The van der Waals surface area contributed by atoms with E-state index in [0.717, 1.165) is 12.8 Å². The van der Waals surface area contributed by atoms with Crippen LogP contribution < -0.4 is 5.32 Å². The van der Waals surface area contributed by atoms with E-state index in [4.69, 9.17) is 16.7 Å². The van der Waals surface area contributed by atoms with Crippen molar-refractivity contribution in [3.63, 3.8) is 0 Å². The van der Waals surface area contributed by atoms with Crippen LogP contribution in [0.3, 0.4) is 0 Å². The molecule has 2 rings (SSSR count). The molecule has 1 atom stereocenters. The molecule has 1 aromatic carbocycles. The summed E-state index contributed by atoms with van der Waals surface area (Å²) in [6.45, 7) is -0.779. The summed E-state index contributed by atoms with van der Waals surface area (Å²) < 4.78 is 0. The van der Waals surface area contributed by atoms with Gasteiger partial charge in [0, 0.05) is 25.0 Å². The summed E-state index contributed by atoms with van der Waals surface area (Å²) >= 11 is 5.93. The molecule has 1 saturated carbocycles. The molecule has 1 aromatic rings. The number of carbonyl (C=O) groups is 3. The van der Waals surface area contributed by atoms with Gasteiger partial charge in [0.05, 0.1) is 0 Å². The third-order valence-corrected chi connectivity index (χ3v) is 5.36. The Balaban J connectivity index is 2.00. The van der Waals surface area contributed by atoms with Crippen LogP contribution in [-0.4, -0.2) is 54.3 Å². The number of amides is 2. The lowest BCUT2D eigenvalue weighted by Gasteiger charge is -2.33. The lowest BCUT2D eigenvalue weighted by atomic mass is 9.78. The van der Waals surface area contributed by atoms with Gasteiger partial charge in [0.2, 0.25) is 11.8 Å². The molecule has 142 valence electrons. The van der Waals surface area contributed by atoms with Crippen LogP contribution in [0.2, 0.25) is 5.02 Å². The zero-order chi connectivity index (χ0) is 19.3. The maximum absolute atomic E-state index is 12.8. The number of hydrogen-bond acceptors (Lipinski definition) is 4. The molecule has 0 radical (unpaired) electrons. The number of aliphatic hydroxyl groups is 1. The molecule has 6 nitrogen and oxygen atoms in total. The molecule has 7 heteroatoms. The largest absolute Gasteiger partial charge is 0.388 e. The van der Waals surface area contributed by atoms with Gasteiger partial charge in [-0.15, -0.1) is 0 Å². The van der Waals surface area contributed by atoms with Crippen LogP contribution >= 0.6 is 11.6 Å². The van der Waals surface area contributed by atoms with Gasteiger partial charge in [-0.3, -0.25) is 14.4 Å². The van der Waals surface area contributed by atoms with Crippen LogP contribution in [0.1, 0.15) is 37.2 Å². The monoisotopic (exact) mass is 380 g/mol. The number of rotatable bonds is 6. The maximum Gasteiger partial charge on any atom is 0.250 e. The zero-order valence-corrected chi connectivity index (χ0v) is 15.8. The van der Waals surface area contributed by atoms with Crippen LogP contribution in [0.5, 0.6) is 0 Å². The number of aliphatic hydroxyl groups excluding tert-OH is 1. The first-order valence-electron chi connectivity index (χ1n) is 8.76. The third-order valence-electron chi connectivity index (χ3n) is 5.11. The minimum absolute atomic E-state index is 0.220. The predicted molar refractivity (Wildman–Crippen MR) is 98.9 cm³/mol. The molecule has 2 amide bonds. The Kier molecular flexibility index (Phi) is 7.17. The number of nitrogens with one attached hydrogen (secondary N) is 1. The topological polar surface area (TPSA) is 86.7 Å². The highest BCUT2D eigenvalue weighted by Gasteiger charge is 2.36. The number of hydrogen-bond donors (Lipinski definition) is 2. The smallest absolute Gasteiger partial charge is 0.250 e. The third kappa shape index (κ3) is 4.62. The Morgan fingerprint density at radius 3 is 2.27 bits per heavy atom. The lowest BCUT2D eigenvalue weighted by Crippen LogP contribution is -2.53. The highest BCUT2D eigenvalue weighted by molar-refractivity contribution is 6.30. The molecule has 0 bridgehead atoms. The molecule has 0 spiro atoms. The fraction of sp³-hybridized carbons (Fsp3) is 0.526. The highest BCUT2D eigenvalue weighted by atomic mass is 35.5. The van der Waals surface area contributed by atoms with Crippen molar-refractivity contribution < 1.29 is 19.5 Å². The second-order valence-electron chi connectivity index (χ2n) is 6.69. The standard InChI is InChI=1S/C19H25ClN2O4/c1-21-18(25)17(16(24)11-23)22(2)19(26)14-5-3-12(4-6-14)13-7-9-15(20)10-8-13/h7-10,12,14,17,23H,3-6,11H2,1-2H3,(H,21,25). The number of nitrogens with zero attached hydrogens (tertiary/aromatic N) is 1. The van der Waals surface area contributed by atoms with E-state index in [-0.39, 0.29) is 11.8 Å². The SMILES string of the molecule is CNC(=O)C(C(=O)CO)N(C)C(=O)C1CCC(c2ccc(Cl)cc2)CC1. The summed E-state index contributed by atoms with van der Waals surface area (Å²) in [5, 5.41) is 12.2.